The molecule has 2 N–H and O–H groups in total. The summed E-state index contributed by atoms with van der Waals surface area (Å²) >= 11 is 0. The minimum absolute atomic E-state index is 0.0818. The molecule has 0 spiro atoms. The number of pyridine rings is 1. The van der Waals surface area contributed by atoms with Gasteiger partial charge in [0, 0.05) is 18.9 Å². The number of aromatic nitrogens is 1. The highest BCUT2D eigenvalue weighted by atomic mass is 32.2. The number of nitrogens with zero attached hydrogens (tertiary/aromatic N) is 1. The summed E-state index contributed by atoms with van der Waals surface area (Å²) in [5.41, 5.74) is 0.785. The van der Waals surface area contributed by atoms with Gasteiger partial charge >= 0.3 is 0 Å². The zero-order valence-electron chi connectivity index (χ0n) is 10.5. The Morgan fingerprint density at radius 1 is 1.26 bits per heavy atom. The first-order chi connectivity index (χ1) is 9.12. The quantitative estimate of drug-likeness (QED) is 0.821. The molecular weight excluding hydrogens is 266 g/mol. The van der Waals surface area contributed by atoms with Crippen LogP contribution in [0.5, 0.6) is 0 Å². The van der Waals surface area contributed by atoms with E-state index in [1.165, 1.54) is 6.07 Å². The SMILES string of the molecule is CNCc1ccc(S(=O)(=O)NCc2cccnc2)o1. The minimum atomic E-state index is -3.63. The van der Waals surface area contributed by atoms with Gasteiger partial charge in [0.15, 0.2) is 0 Å². The van der Waals surface area contributed by atoms with Crippen molar-refractivity contribution in [3.63, 3.8) is 0 Å². The van der Waals surface area contributed by atoms with Gasteiger partial charge in [-0.2, -0.15) is 0 Å². The van der Waals surface area contributed by atoms with Crippen LogP contribution in [-0.4, -0.2) is 20.4 Å². The maximum atomic E-state index is 12.0. The molecule has 7 heteroatoms. The summed E-state index contributed by atoms with van der Waals surface area (Å²) < 4.78 is 31.7. The smallest absolute Gasteiger partial charge is 0.274 e. The molecule has 0 atom stereocenters. The Morgan fingerprint density at radius 2 is 2.11 bits per heavy atom. The Hall–Kier alpha value is -1.70. The van der Waals surface area contributed by atoms with E-state index in [2.05, 4.69) is 15.0 Å². The summed E-state index contributed by atoms with van der Waals surface area (Å²) in [4.78, 5) is 3.92. The second-order valence-electron chi connectivity index (χ2n) is 3.94. The molecule has 2 rings (SSSR count). The van der Waals surface area contributed by atoms with Crippen molar-refractivity contribution in [2.75, 3.05) is 7.05 Å². The number of rotatable bonds is 6. The van der Waals surface area contributed by atoms with Crippen LogP contribution in [0.2, 0.25) is 0 Å². The average Bonchev–Trinajstić information content (AvgIpc) is 2.88. The van der Waals surface area contributed by atoms with Crippen LogP contribution >= 0.6 is 0 Å². The number of nitrogens with one attached hydrogen (secondary N) is 2. The molecular formula is C12H15N3O3S. The van der Waals surface area contributed by atoms with Gasteiger partial charge in [-0.05, 0) is 30.8 Å². The van der Waals surface area contributed by atoms with E-state index in [0.717, 1.165) is 5.56 Å². The third kappa shape index (κ3) is 3.63. The van der Waals surface area contributed by atoms with Crippen molar-refractivity contribution in [3.8, 4) is 0 Å². The summed E-state index contributed by atoms with van der Waals surface area (Å²) in [6.45, 7) is 0.663. The van der Waals surface area contributed by atoms with Gasteiger partial charge in [0.2, 0.25) is 5.09 Å². The van der Waals surface area contributed by atoms with E-state index in [4.69, 9.17) is 4.42 Å². The summed E-state index contributed by atoms with van der Waals surface area (Å²) in [7, 11) is -1.87. The first-order valence-electron chi connectivity index (χ1n) is 5.74. The van der Waals surface area contributed by atoms with Crippen LogP contribution in [-0.2, 0) is 23.1 Å². The maximum absolute atomic E-state index is 12.0. The molecule has 19 heavy (non-hydrogen) atoms. The summed E-state index contributed by atoms with van der Waals surface area (Å²) in [5.74, 6) is 0.573. The van der Waals surface area contributed by atoms with Crippen LogP contribution in [0.4, 0.5) is 0 Å². The van der Waals surface area contributed by atoms with Crippen molar-refractivity contribution in [2.24, 2.45) is 0 Å². The fraction of sp³-hybridized carbons (Fsp3) is 0.250. The zero-order valence-corrected chi connectivity index (χ0v) is 11.3. The average molecular weight is 281 g/mol. The molecule has 0 aliphatic carbocycles. The van der Waals surface area contributed by atoms with Gasteiger partial charge in [0.25, 0.3) is 10.0 Å². The number of furan rings is 1. The zero-order chi connectivity index (χ0) is 13.7. The van der Waals surface area contributed by atoms with Crippen LogP contribution < -0.4 is 10.0 Å². The van der Waals surface area contributed by atoms with Gasteiger partial charge in [-0.15, -0.1) is 0 Å². The summed E-state index contributed by atoms with van der Waals surface area (Å²) in [5, 5.41) is 2.81. The van der Waals surface area contributed by atoms with E-state index >= 15 is 0 Å². The first kappa shape index (κ1) is 13.7. The van der Waals surface area contributed by atoms with Gasteiger partial charge < -0.3 is 9.73 Å². The first-order valence-corrected chi connectivity index (χ1v) is 7.22. The number of sulfonamides is 1. The Morgan fingerprint density at radius 3 is 2.79 bits per heavy atom. The maximum Gasteiger partial charge on any atom is 0.274 e. The van der Waals surface area contributed by atoms with Crippen molar-refractivity contribution >= 4 is 10.0 Å². The molecule has 2 aromatic heterocycles. The van der Waals surface area contributed by atoms with Crippen molar-refractivity contribution in [1.29, 1.82) is 0 Å². The summed E-state index contributed by atoms with van der Waals surface area (Å²) in [6.07, 6.45) is 3.24. The molecule has 0 bridgehead atoms. The number of hydrogen-bond donors (Lipinski definition) is 2. The predicted molar refractivity (Wildman–Crippen MR) is 69.7 cm³/mol. The van der Waals surface area contributed by atoms with Crippen molar-refractivity contribution in [3.05, 3.63) is 48.0 Å². The van der Waals surface area contributed by atoms with E-state index in [0.29, 0.717) is 12.3 Å². The Kier molecular flexibility index (Phi) is 4.31. The second-order valence-corrected chi connectivity index (χ2v) is 5.63. The molecule has 0 saturated carbocycles. The molecule has 0 fully saturated rings. The summed E-state index contributed by atoms with van der Waals surface area (Å²) in [6, 6.07) is 6.62. The Labute approximate surface area is 111 Å². The normalized spacial score (nSPS) is 11.6. The van der Waals surface area contributed by atoms with Crippen LogP contribution in [0, 0.1) is 0 Å². The van der Waals surface area contributed by atoms with Gasteiger partial charge in [-0.3, -0.25) is 4.98 Å². The lowest BCUT2D eigenvalue weighted by Gasteiger charge is -2.03. The molecule has 0 saturated heterocycles. The molecule has 2 heterocycles. The largest absolute Gasteiger partial charge is 0.447 e. The molecule has 2 aromatic rings. The molecule has 0 unspecified atom stereocenters. The molecule has 0 aliphatic heterocycles. The van der Waals surface area contributed by atoms with Gasteiger partial charge in [-0.25, -0.2) is 13.1 Å². The van der Waals surface area contributed by atoms with E-state index in [1.807, 2.05) is 0 Å². The van der Waals surface area contributed by atoms with Crippen molar-refractivity contribution in [2.45, 2.75) is 18.2 Å². The standard InChI is InChI=1S/C12H15N3O3S/c1-13-9-11-4-5-12(18-11)19(16,17)15-8-10-3-2-6-14-7-10/h2-7,13,15H,8-9H2,1H3. The van der Waals surface area contributed by atoms with Crippen LogP contribution in [0.1, 0.15) is 11.3 Å². The van der Waals surface area contributed by atoms with Crippen molar-refractivity contribution < 1.29 is 12.8 Å². The lowest BCUT2D eigenvalue weighted by molar-refractivity contribution is 0.404. The lowest BCUT2D eigenvalue weighted by Crippen LogP contribution is -2.22. The third-order valence-electron chi connectivity index (χ3n) is 2.44. The predicted octanol–water partition coefficient (Wildman–Crippen LogP) is 0.872. The highest BCUT2D eigenvalue weighted by Gasteiger charge is 2.18. The fourth-order valence-electron chi connectivity index (χ4n) is 1.52. The second kappa shape index (κ2) is 5.96. The fourth-order valence-corrected chi connectivity index (χ4v) is 2.49. The van der Waals surface area contributed by atoms with Crippen molar-refractivity contribution in [1.82, 2.24) is 15.0 Å². The van der Waals surface area contributed by atoms with E-state index in [1.54, 1.807) is 37.6 Å². The molecule has 0 aliphatic rings. The van der Waals surface area contributed by atoms with E-state index in [9.17, 15) is 8.42 Å². The highest BCUT2D eigenvalue weighted by molar-refractivity contribution is 7.89. The van der Waals surface area contributed by atoms with Crippen LogP contribution in [0.15, 0.2) is 46.2 Å². The Balaban J connectivity index is 2.05. The molecule has 102 valence electrons. The third-order valence-corrected chi connectivity index (χ3v) is 3.72. The molecule has 0 amide bonds. The van der Waals surface area contributed by atoms with Gasteiger partial charge in [0.05, 0.1) is 6.54 Å². The lowest BCUT2D eigenvalue weighted by atomic mass is 10.3. The minimum Gasteiger partial charge on any atom is -0.447 e. The highest BCUT2D eigenvalue weighted by Crippen LogP contribution is 2.14. The van der Waals surface area contributed by atoms with Crippen LogP contribution in [0.3, 0.4) is 0 Å². The molecule has 0 radical (unpaired) electrons. The molecule has 6 nitrogen and oxygen atoms in total. The monoisotopic (exact) mass is 281 g/mol. The van der Waals surface area contributed by atoms with Gasteiger partial charge in [-0.1, -0.05) is 6.07 Å². The van der Waals surface area contributed by atoms with E-state index in [-0.39, 0.29) is 11.6 Å². The number of hydrogen-bond acceptors (Lipinski definition) is 5. The Bertz CT molecular complexity index is 623. The van der Waals surface area contributed by atoms with Crippen LogP contribution in [0.25, 0.3) is 0 Å². The molecule has 0 aromatic carbocycles. The topological polar surface area (TPSA) is 84.2 Å². The van der Waals surface area contributed by atoms with Gasteiger partial charge in [0.1, 0.15) is 5.76 Å². The van der Waals surface area contributed by atoms with E-state index < -0.39 is 10.0 Å².